The normalized spacial score (nSPS) is 13.5. The van der Waals surface area contributed by atoms with Gasteiger partial charge in [-0.3, -0.25) is 9.36 Å². The molecule has 1 aliphatic rings. The molecule has 150 valence electrons. The van der Waals surface area contributed by atoms with Gasteiger partial charge in [-0.25, -0.2) is 9.37 Å². The number of nitrogens with zero attached hydrogens (tertiary/aromatic N) is 2. The van der Waals surface area contributed by atoms with Gasteiger partial charge >= 0.3 is 6.18 Å². The lowest BCUT2D eigenvalue weighted by Gasteiger charge is -2.15. The standard InChI is InChI=1S/C20H14F4N2OS2/c21-14-6-4-12(5-7-14)11-29-19-25-16-8-9-28-17(16)18(27)26(19)15-3-1-2-13(10-15)20(22,23)24/h1-7,10H,8-9,11H2. The van der Waals surface area contributed by atoms with Crippen molar-refractivity contribution in [2.75, 3.05) is 5.75 Å². The van der Waals surface area contributed by atoms with Crippen LogP contribution in [-0.4, -0.2) is 15.3 Å². The summed E-state index contributed by atoms with van der Waals surface area (Å²) in [5.41, 5.74) is 0.415. The Morgan fingerprint density at radius 1 is 1.14 bits per heavy atom. The van der Waals surface area contributed by atoms with Gasteiger partial charge in [-0.2, -0.15) is 13.2 Å². The third-order valence-electron chi connectivity index (χ3n) is 4.38. The molecule has 29 heavy (non-hydrogen) atoms. The highest BCUT2D eigenvalue weighted by molar-refractivity contribution is 7.99. The van der Waals surface area contributed by atoms with Crippen LogP contribution in [0.4, 0.5) is 17.6 Å². The number of halogens is 4. The number of benzene rings is 2. The third kappa shape index (κ3) is 4.20. The molecule has 0 radical (unpaired) electrons. The summed E-state index contributed by atoms with van der Waals surface area (Å²) in [6.45, 7) is 0. The lowest BCUT2D eigenvalue weighted by molar-refractivity contribution is -0.137. The van der Waals surface area contributed by atoms with Crippen molar-refractivity contribution in [2.24, 2.45) is 0 Å². The summed E-state index contributed by atoms with van der Waals surface area (Å²) in [4.78, 5) is 18.1. The highest BCUT2D eigenvalue weighted by Crippen LogP contribution is 2.33. The Kier molecular flexibility index (Phi) is 5.44. The Balaban J connectivity index is 1.78. The predicted octanol–water partition coefficient (Wildman–Crippen LogP) is 5.33. The molecular weight excluding hydrogens is 424 g/mol. The molecule has 0 unspecified atom stereocenters. The van der Waals surface area contributed by atoms with Crippen molar-refractivity contribution in [3.05, 3.63) is 81.5 Å². The molecule has 0 saturated carbocycles. The largest absolute Gasteiger partial charge is 0.416 e. The molecule has 1 aliphatic heterocycles. The Morgan fingerprint density at radius 3 is 2.62 bits per heavy atom. The van der Waals surface area contributed by atoms with Crippen LogP contribution in [0.15, 0.2) is 63.4 Å². The summed E-state index contributed by atoms with van der Waals surface area (Å²) >= 11 is 2.60. The van der Waals surface area contributed by atoms with Crippen LogP contribution < -0.4 is 5.56 Å². The quantitative estimate of drug-likeness (QED) is 0.313. The number of aromatic nitrogens is 2. The zero-order valence-corrected chi connectivity index (χ0v) is 16.5. The maximum absolute atomic E-state index is 13.2. The molecule has 0 fully saturated rings. The number of hydrogen-bond acceptors (Lipinski definition) is 4. The first kappa shape index (κ1) is 20.0. The van der Waals surface area contributed by atoms with Gasteiger partial charge in [0.1, 0.15) is 5.82 Å². The minimum atomic E-state index is -4.51. The Hall–Kier alpha value is -2.26. The zero-order valence-electron chi connectivity index (χ0n) is 14.9. The van der Waals surface area contributed by atoms with E-state index in [2.05, 4.69) is 4.98 Å². The average Bonchev–Trinajstić information content (AvgIpc) is 3.16. The monoisotopic (exact) mass is 438 g/mol. The van der Waals surface area contributed by atoms with Crippen LogP contribution in [0.2, 0.25) is 0 Å². The second kappa shape index (κ2) is 7.87. The van der Waals surface area contributed by atoms with Crippen LogP contribution in [0, 0.1) is 5.82 Å². The van der Waals surface area contributed by atoms with E-state index in [1.807, 2.05) is 0 Å². The van der Waals surface area contributed by atoms with E-state index in [1.165, 1.54) is 52.4 Å². The van der Waals surface area contributed by atoms with Crippen LogP contribution in [-0.2, 0) is 18.3 Å². The first-order valence-corrected chi connectivity index (χ1v) is 10.6. The molecule has 9 heteroatoms. The van der Waals surface area contributed by atoms with Crippen molar-refractivity contribution in [3.8, 4) is 5.69 Å². The van der Waals surface area contributed by atoms with Crippen molar-refractivity contribution < 1.29 is 17.6 Å². The molecular formula is C20H14F4N2OS2. The van der Waals surface area contributed by atoms with Crippen molar-refractivity contribution in [2.45, 2.75) is 28.4 Å². The molecule has 4 rings (SSSR count). The summed E-state index contributed by atoms with van der Waals surface area (Å²) in [5, 5.41) is 0.319. The lowest BCUT2D eigenvalue weighted by atomic mass is 10.2. The summed E-state index contributed by atoms with van der Waals surface area (Å²) in [5.74, 6) is 0.761. The SMILES string of the molecule is O=c1c2c(nc(SCc3ccc(F)cc3)n1-c1cccc(C(F)(F)F)c1)CCS2. The van der Waals surface area contributed by atoms with Crippen molar-refractivity contribution in [1.29, 1.82) is 0 Å². The molecule has 3 aromatic rings. The molecule has 0 aliphatic carbocycles. The van der Waals surface area contributed by atoms with E-state index in [9.17, 15) is 22.4 Å². The number of hydrogen-bond donors (Lipinski definition) is 0. The molecule has 0 saturated heterocycles. The molecule has 1 aromatic heterocycles. The van der Waals surface area contributed by atoms with Crippen LogP contribution in [0.3, 0.4) is 0 Å². The fourth-order valence-electron chi connectivity index (χ4n) is 2.97. The fraction of sp³-hybridized carbons (Fsp3) is 0.200. The average molecular weight is 438 g/mol. The minimum Gasteiger partial charge on any atom is -0.268 e. The van der Waals surface area contributed by atoms with Gasteiger partial charge in [0.05, 0.1) is 21.8 Å². The molecule has 0 amide bonds. The fourth-order valence-corrected chi connectivity index (χ4v) is 4.98. The summed E-state index contributed by atoms with van der Waals surface area (Å²) in [6, 6.07) is 10.6. The molecule has 0 spiro atoms. The van der Waals surface area contributed by atoms with Gasteiger partial charge in [-0.15, -0.1) is 11.8 Å². The van der Waals surface area contributed by atoms with Gasteiger partial charge in [0, 0.05) is 17.9 Å². The first-order chi connectivity index (χ1) is 13.8. The van der Waals surface area contributed by atoms with Gasteiger partial charge in [-0.1, -0.05) is 30.0 Å². The summed E-state index contributed by atoms with van der Waals surface area (Å²) in [6.07, 6.45) is -3.87. The van der Waals surface area contributed by atoms with Crippen molar-refractivity contribution in [3.63, 3.8) is 0 Å². The molecule has 0 bridgehead atoms. The maximum atomic E-state index is 13.2. The molecule has 2 aromatic carbocycles. The topological polar surface area (TPSA) is 34.9 Å². The van der Waals surface area contributed by atoms with Crippen LogP contribution in [0.1, 0.15) is 16.8 Å². The minimum absolute atomic E-state index is 0.120. The van der Waals surface area contributed by atoms with Crippen LogP contribution >= 0.6 is 23.5 Å². The Labute approximate surface area is 172 Å². The predicted molar refractivity (Wildman–Crippen MR) is 105 cm³/mol. The number of thioether (sulfide) groups is 2. The highest BCUT2D eigenvalue weighted by atomic mass is 32.2. The number of aryl methyl sites for hydroxylation is 1. The van der Waals surface area contributed by atoms with E-state index >= 15 is 0 Å². The summed E-state index contributed by atoms with van der Waals surface area (Å²) in [7, 11) is 0. The maximum Gasteiger partial charge on any atom is 0.416 e. The van der Waals surface area contributed by atoms with Gasteiger partial charge < -0.3 is 0 Å². The van der Waals surface area contributed by atoms with E-state index in [0.717, 1.165) is 17.7 Å². The van der Waals surface area contributed by atoms with Crippen molar-refractivity contribution in [1.82, 2.24) is 9.55 Å². The smallest absolute Gasteiger partial charge is 0.268 e. The highest BCUT2D eigenvalue weighted by Gasteiger charge is 2.31. The summed E-state index contributed by atoms with van der Waals surface area (Å²) < 4.78 is 53.8. The van der Waals surface area contributed by atoms with Crippen molar-refractivity contribution >= 4 is 23.5 Å². The third-order valence-corrected chi connectivity index (χ3v) is 6.50. The number of alkyl halides is 3. The van der Waals surface area contributed by atoms with Gasteiger partial charge in [-0.05, 0) is 35.9 Å². The first-order valence-electron chi connectivity index (χ1n) is 8.66. The second-order valence-corrected chi connectivity index (χ2v) is 8.42. The molecule has 2 heterocycles. The van der Waals surface area contributed by atoms with E-state index in [4.69, 9.17) is 0 Å². The Bertz CT molecular complexity index is 1110. The van der Waals surface area contributed by atoms with Crippen LogP contribution in [0.25, 0.3) is 5.69 Å². The number of fused-ring (bicyclic) bond motifs is 1. The molecule has 3 nitrogen and oxygen atoms in total. The Morgan fingerprint density at radius 2 is 1.90 bits per heavy atom. The zero-order chi connectivity index (χ0) is 20.6. The molecule has 0 atom stereocenters. The van der Waals surface area contributed by atoms with Gasteiger partial charge in [0.15, 0.2) is 5.16 Å². The van der Waals surface area contributed by atoms with Gasteiger partial charge in [0.2, 0.25) is 0 Å². The van der Waals surface area contributed by atoms with Gasteiger partial charge in [0.25, 0.3) is 5.56 Å². The second-order valence-electron chi connectivity index (χ2n) is 6.37. The van der Waals surface area contributed by atoms with E-state index in [0.29, 0.717) is 33.7 Å². The lowest BCUT2D eigenvalue weighted by Crippen LogP contribution is -2.24. The van der Waals surface area contributed by atoms with Crippen LogP contribution in [0.5, 0.6) is 0 Å². The number of rotatable bonds is 4. The van der Waals surface area contributed by atoms with E-state index < -0.39 is 11.7 Å². The molecule has 0 N–H and O–H groups in total. The van der Waals surface area contributed by atoms with E-state index in [1.54, 1.807) is 12.1 Å². The van der Waals surface area contributed by atoms with E-state index in [-0.39, 0.29) is 17.1 Å².